The average molecular weight is 397 g/mol. The highest BCUT2D eigenvalue weighted by Gasteiger charge is 2.27. The molecule has 1 unspecified atom stereocenters. The van der Waals surface area contributed by atoms with Gasteiger partial charge in [-0.15, -0.1) is 0 Å². The molecule has 1 aliphatic carbocycles. The number of benzene rings is 2. The van der Waals surface area contributed by atoms with Crippen LogP contribution in [0.3, 0.4) is 0 Å². The van der Waals surface area contributed by atoms with E-state index in [0.717, 1.165) is 23.7 Å². The summed E-state index contributed by atoms with van der Waals surface area (Å²) in [6, 6.07) is 12.6. The van der Waals surface area contributed by atoms with Gasteiger partial charge >= 0.3 is 5.97 Å². The van der Waals surface area contributed by atoms with Crippen molar-refractivity contribution in [1.82, 2.24) is 4.98 Å². The van der Waals surface area contributed by atoms with Crippen molar-refractivity contribution < 1.29 is 14.3 Å². The minimum absolute atomic E-state index is 0.00841. The van der Waals surface area contributed by atoms with Crippen molar-refractivity contribution in [3.63, 3.8) is 0 Å². The minimum Gasteiger partial charge on any atom is -0.462 e. The molecule has 1 atom stereocenters. The number of fused-ring (bicyclic) bond motifs is 3. The van der Waals surface area contributed by atoms with Gasteiger partial charge in [0.05, 0.1) is 12.2 Å². The Balaban J connectivity index is 1.47. The zero-order valence-electron chi connectivity index (χ0n) is 15.5. The Bertz CT molecular complexity index is 1040. The number of ether oxygens (including phenoxy) is 1. The molecular weight excluding hydrogens is 376 g/mol. The minimum atomic E-state index is -0.363. The number of esters is 1. The summed E-state index contributed by atoms with van der Waals surface area (Å²) < 4.78 is 4.97. The summed E-state index contributed by atoms with van der Waals surface area (Å²) in [4.78, 5) is 28.0. The SMILES string of the molecule is CCOC(=O)c1ccc(NC(=O)C2CCc3[nH]c4ccc(Cl)cc4c3C2)cc1. The van der Waals surface area contributed by atoms with Crippen LogP contribution in [-0.2, 0) is 22.4 Å². The van der Waals surface area contributed by atoms with Gasteiger partial charge in [0.15, 0.2) is 0 Å². The summed E-state index contributed by atoms with van der Waals surface area (Å²) in [5.74, 6) is -0.473. The molecule has 0 saturated heterocycles. The third-order valence-corrected chi connectivity index (χ3v) is 5.42. The van der Waals surface area contributed by atoms with Crippen LogP contribution in [0.1, 0.15) is 35.0 Å². The molecule has 0 bridgehead atoms. The Hall–Kier alpha value is -2.79. The lowest BCUT2D eigenvalue weighted by Crippen LogP contribution is -2.28. The van der Waals surface area contributed by atoms with E-state index in [1.54, 1.807) is 31.2 Å². The van der Waals surface area contributed by atoms with E-state index in [0.29, 0.717) is 29.3 Å². The Morgan fingerprint density at radius 2 is 2.00 bits per heavy atom. The molecule has 2 aromatic carbocycles. The largest absolute Gasteiger partial charge is 0.462 e. The lowest BCUT2D eigenvalue weighted by Gasteiger charge is -2.22. The molecule has 0 saturated carbocycles. The van der Waals surface area contributed by atoms with Gasteiger partial charge in [0.25, 0.3) is 0 Å². The molecule has 5 nitrogen and oxygen atoms in total. The number of amides is 1. The zero-order valence-corrected chi connectivity index (χ0v) is 16.3. The van der Waals surface area contributed by atoms with E-state index >= 15 is 0 Å². The van der Waals surface area contributed by atoms with E-state index in [4.69, 9.17) is 16.3 Å². The second kappa shape index (κ2) is 7.68. The first-order valence-corrected chi connectivity index (χ1v) is 9.80. The second-order valence-corrected chi connectivity index (χ2v) is 7.44. The third-order valence-electron chi connectivity index (χ3n) is 5.18. The fourth-order valence-corrected chi connectivity index (χ4v) is 3.93. The van der Waals surface area contributed by atoms with Crippen LogP contribution in [0.4, 0.5) is 5.69 Å². The molecule has 2 N–H and O–H groups in total. The zero-order chi connectivity index (χ0) is 19.7. The van der Waals surface area contributed by atoms with Crippen LogP contribution in [0.2, 0.25) is 5.02 Å². The molecule has 144 valence electrons. The molecule has 28 heavy (non-hydrogen) atoms. The van der Waals surface area contributed by atoms with E-state index in [2.05, 4.69) is 10.3 Å². The molecule has 1 aromatic heterocycles. The number of aromatic amines is 1. The number of hydrogen-bond donors (Lipinski definition) is 2. The number of anilines is 1. The van der Waals surface area contributed by atoms with Crippen molar-refractivity contribution in [2.45, 2.75) is 26.2 Å². The maximum absolute atomic E-state index is 12.8. The molecule has 1 amide bonds. The van der Waals surface area contributed by atoms with E-state index in [9.17, 15) is 9.59 Å². The van der Waals surface area contributed by atoms with Gasteiger partial charge in [-0.05, 0) is 74.2 Å². The van der Waals surface area contributed by atoms with Crippen LogP contribution in [0.25, 0.3) is 10.9 Å². The van der Waals surface area contributed by atoms with Gasteiger partial charge in [0.2, 0.25) is 5.91 Å². The second-order valence-electron chi connectivity index (χ2n) is 7.00. The van der Waals surface area contributed by atoms with E-state index in [1.165, 1.54) is 11.3 Å². The highest BCUT2D eigenvalue weighted by molar-refractivity contribution is 6.31. The van der Waals surface area contributed by atoms with Crippen molar-refractivity contribution in [2.24, 2.45) is 5.92 Å². The molecule has 1 heterocycles. The van der Waals surface area contributed by atoms with Gasteiger partial charge in [-0.25, -0.2) is 4.79 Å². The normalized spacial score (nSPS) is 15.9. The molecule has 6 heteroatoms. The van der Waals surface area contributed by atoms with Gasteiger partial charge < -0.3 is 15.0 Å². The van der Waals surface area contributed by atoms with Crippen LogP contribution >= 0.6 is 11.6 Å². The topological polar surface area (TPSA) is 71.2 Å². The molecular formula is C22H21ClN2O3. The smallest absolute Gasteiger partial charge is 0.338 e. The number of hydrogen-bond acceptors (Lipinski definition) is 3. The molecule has 0 aliphatic heterocycles. The average Bonchev–Trinajstić information content (AvgIpc) is 3.05. The molecule has 3 aromatic rings. The molecule has 0 radical (unpaired) electrons. The lowest BCUT2D eigenvalue weighted by molar-refractivity contribution is -0.120. The quantitative estimate of drug-likeness (QED) is 0.625. The number of aromatic nitrogens is 1. The van der Waals surface area contributed by atoms with Crippen LogP contribution in [0.15, 0.2) is 42.5 Å². The van der Waals surface area contributed by atoms with Crippen LogP contribution in [-0.4, -0.2) is 23.5 Å². The summed E-state index contributed by atoms with van der Waals surface area (Å²) in [5, 5.41) is 4.76. The Labute approximate surface area is 168 Å². The first kappa shape index (κ1) is 18.6. The summed E-state index contributed by atoms with van der Waals surface area (Å²) in [6.45, 7) is 2.10. The fraction of sp³-hybridized carbons (Fsp3) is 0.273. The van der Waals surface area contributed by atoms with Gasteiger partial charge in [0, 0.05) is 33.2 Å². The third kappa shape index (κ3) is 3.62. The van der Waals surface area contributed by atoms with Crippen molar-refractivity contribution in [3.05, 3.63) is 64.3 Å². The summed E-state index contributed by atoms with van der Waals surface area (Å²) in [5.41, 5.74) is 4.58. The maximum atomic E-state index is 12.8. The number of halogens is 1. The monoisotopic (exact) mass is 396 g/mol. The van der Waals surface area contributed by atoms with E-state index in [1.807, 2.05) is 18.2 Å². The summed E-state index contributed by atoms with van der Waals surface area (Å²) >= 11 is 6.15. The molecule has 4 rings (SSSR count). The van der Waals surface area contributed by atoms with Crippen molar-refractivity contribution in [1.29, 1.82) is 0 Å². The first-order valence-electron chi connectivity index (χ1n) is 9.42. The van der Waals surface area contributed by atoms with Gasteiger partial charge in [-0.1, -0.05) is 11.6 Å². The summed E-state index contributed by atoms with van der Waals surface area (Å²) in [7, 11) is 0. The number of carbonyl (C=O) groups excluding carboxylic acids is 2. The van der Waals surface area contributed by atoms with E-state index < -0.39 is 0 Å². The molecule has 0 fully saturated rings. The number of H-pyrrole nitrogens is 1. The Morgan fingerprint density at radius 3 is 2.75 bits per heavy atom. The van der Waals surface area contributed by atoms with Crippen molar-refractivity contribution in [2.75, 3.05) is 11.9 Å². The van der Waals surface area contributed by atoms with Gasteiger partial charge in [-0.2, -0.15) is 0 Å². The summed E-state index contributed by atoms with van der Waals surface area (Å²) in [6.07, 6.45) is 2.31. The number of nitrogens with one attached hydrogen (secondary N) is 2. The maximum Gasteiger partial charge on any atom is 0.338 e. The highest BCUT2D eigenvalue weighted by Crippen LogP contribution is 2.33. The molecule has 1 aliphatic rings. The fourth-order valence-electron chi connectivity index (χ4n) is 3.76. The van der Waals surface area contributed by atoms with Gasteiger partial charge in [-0.3, -0.25) is 4.79 Å². The number of aryl methyl sites for hydroxylation is 1. The van der Waals surface area contributed by atoms with E-state index in [-0.39, 0.29) is 17.8 Å². The highest BCUT2D eigenvalue weighted by atomic mass is 35.5. The molecule has 0 spiro atoms. The number of carbonyl (C=O) groups is 2. The Morgan fingerprint density at radius 1 is 1.21 bits per heavy atom. The van der Waals surface area contributed by atoms with Gasteiger partial charge in [0.1, 0.15) is 0 Å². The first-order chi connectivity index (χ1) is 13.5. The van der Waals surface area contributed by atoms with Crippen LogP contribution in [0, 0.1) is 5.92 Å². The number of rotatable bonds is 4. The predicted molar refractivity (Wildman–Crippen MR) is 110 cm³/mol. The van der Waals surface area contributed by atoms with Crippen molar-refractivity contribution in [3.8, 4) is 0 Å². The van der Waals surface area contributed by atoms with Crippen LogP contribution in [0.5, 0.6) is 0 Å². The standard InChI is InChI=1S/C22H21ClN2O3/c1-2-28-22(27)13-3-7-16(8-4-13)24-21(26)14-5-9-19-17(11-14)18-12-15(23)6-10-20(18)25-19/h3-4,6-8,10,12,14,25H,2,5,9,11H2,1H3,(H,24,26). The predicted octanol–water partition coefficient (Wildman–Crippen LogP) is 4.74. The lowest BCUT2D eigenvalue weighted by atomic mass is 9.85. The Kier molecular flexibility index (Phi) is 5.09. The van der Waals surface area contributed by atoms with Crippen molar-refractivity contribution >= 4 is 40.1 Å². The van der Waals surface area contributed by atoms with Crippen LogP contribution < -0.4 is 5.32 Å².